The van der Waals surface area contributed by atoms with Gasteiger partial charge in [0, 0.05) is 18.0 Å². The minimum atomic E-state index is 0.194. The van der Waals surface area contributed by atoms with Gasteiger partial charge in [-0.25, -0.2) is 0 Å². The molecule has 0 aromatic rings. The maximum Gasteiger partial charge on any atom is 0.150 e. The first-order valence-electron chi connectivity index (χ1n) is 3.89. The highest BCUT2D eigenvalue weighted by Gasteiger charge is 2.36. The Hall–Kier alpha value is -0.440. The number of rotatable bonds is 0. The molecule has 0 spiro atoms. The summed E-state index contributed by atoms with van der Waals surface area (Å²) in [5, 5.41) is 0.194. The summed E-state index contributed by atoms with van der Waals surface area (Å²) in [7, 11) is 0. The van der Waals surface area contributed by atoms with E-state index in [0.717, 1.165) is 17.9 Å². The predicted octanol–water partition coefficient (Wildman–Crippen LogP) is 0.924. The largest absolute Gasteiger partial charge is 0.402 e. The van der Waals surface area contributed by atoms with E-state index >= 15 is 0 Å². The monoisotopic (exact) mass is 169 g/mol. The van der Waals surface area contributed by atoms with Crippen molar-refractivity contribution in [3.63, 3.8) is 0 Å². The van der Waals surface area contributed by atoms with Gasteiger partial charge in [0.1, 0.15) is 5.78 Å². The van der Waals surface area contributed by atoms with E-state index in [1.807, 2.05) is 6.08 Å². The lowest BCUT2D eigenvalue weighted by Gasteiger charge is -2.21. The highest BCUT2D eigenvalue weighted by Crippen LogP contribution is 2.38. The third kappa shape index (κ3) is 1.07. The molecule has 0 aromatic carbocycles. The molecule has 2 rings (SSSR count). The molecule has 0 amide bonds. The summed E-state index contributed by atoms with van der Waals surface area (Å²) in [5.41, 5.74) is 6.72. The molecule has 0 aromatic heterocycles. The average molecular weight is 169 g/mol. The summed E-state index contributed by atoms with van der Waals surface area (Å²) in [6.07, 6.45) is 3.53. The summed E-state index contributed by atoms with van der Waals surface area (Å²) in [6, 6.07) is 0. The van der Waals surface area contributed by atoms with Crippen LogP contribution in [-0.4, -0.2) is 16.8 Å². The van der Waals surface area contributed by atoms with Crippen LogP contribution in [-0.2, 0) is 4.79 Å². The Balaban J connectivity index is 2.27. The first-order chi connectivity index (χ1) is 5.29. The van der Waals surface area contributed by atoms with Crippen molar-refractivity contribution in [1.29, 1.82) is 0 Å². The molecule has 2 aliphatic rings. The Morgan fingerprint density at radius 2 is 2.45 bits per heavy atom. The predicted molar refractivity (Wildman–Crippen MR) is 46.2 cm³/mol. The fourth-order valence-electron chi connectivity index (χ4n) is 1.73. The van der Waals surface area contributed by atoms with Gasteiger partial charge < -0.3 is 5.73 Å². The number of fused-ring (bicyclic) bond motifs is 1. The van der Waals surface area contributed by atoms with Crippen molar-refractivity contribution < 1.29 is 4.79 Å². The molecule has 60 valence electrons. The van der Waals surface area contributed by atoms with E-state index in [2.05, 4.69) is 0 Å². The fraction of sp³-hybridized carbons (Fsp3) is 0.625. The Kier molecular flexibility index (Phi) is 1.68. The number of hydrogen-bond donors (Lipinski definition) is 1. The van der Waals surface area contributed by atoms with Gasteiger partial charge in [-0.05, 0) is 12.2 Å². The summed E-state index contributed by atoms with van der Waals surface area (Å²) >= 11 is 1.77. The number of ketones is 1. The quantitative estimate of drug-likeness (QED) is 0.586. The molecule has 2 unspecified atom stereocenters. The molecule has 3 heteroatoms. The minimum Gasteiger partial charge on any atom is -0.402 e. The smallest absolute Gasteiger partial charge is 0.150 e. The van der Waals surface area contributed by atoms with Crippen molar-refractivity contribution in [2.24, 2.45) is 11.7 Å². The van der Waals surface area contributed by atoms with Crippen molar-refractivity contribution in [2.75, 3.05) is 5.75 Å². The van der Waals surface area contributed by atoms with Gasteiger partial charge in [0.05, 0.1) is 5.25 Å². The number of hydrogen-bond acceptors (Lipinski definition) is 3. The first kappa shape index (κ1) is 7.22. The molecule has 2 atom stereocenters. The van der Waals surface area contributed by atoms with Crippen LogP contribution in [0.2, 0.25) is 0 Å². The summed E-state index contributed by atoms with van der Waals surface area (Å²) in [4.78, 5) is 11.3. The van der Waals surface area contributed by atoms with Gasteiger partial charge >= 0.3 is 0 Å². The zero-order valence-electron chi connectivity index (χ0n) is 6.25. The van der Waals surface area contributed by atoms with Crippen molar-refractivity contribution in [3.8, 4) is 0 Å². The third-order valence-electron chi connectivity index (χ3n) is 2.38. The van der Waals surface area contributed by atoms with Crippen molar-refractivity contribution >= 4 is 17.5 Å². The molecule has 0 saturated carbocycles. The maximum absolute atomic E-state index is 11.3. The van der Waals surface area contributed by atoms with Crippen LogP contribution in [0.5, 0.6) is 0 Å². The van der Waals surface area contributed by atoms with Gasteiger partial charge in [0.2, 0.25) is 0 Å². The lowest BCUT2D eigenvalue weighted by molar-refractivity contribution is -0.118. The Bertz CT molecular complexity index is 224. The molecular weight excluding hydrogens is 158 g/mol. The minimum absolute atomic E-state index is 0.194. The fourth-order valence-corrected chi connectivity index (χ4v) is 3.19. The second kappa shape index (κ2) is 2.55. The van der Waals surface area contributed by atoms with Crippen LogP contribution in [0.3, 0.4) is 0 Å². The van der Waals surface area contributed by atoms with Gasteiger partial charge in [0.25, 0.3) is 0 Å². The van der Waals surface area contributed by atoms with Crippen LogP contribution in [0, 0.1) is 5.92 Å². The lowest BCUT2D eigenvalue weighted by atomic mass is 9.89. The number of thioether (sulfide) groups is 1. The topological polar surface area (TPSA) is 43.1 Å². The number of Topliss-reactive ketones (excluding diaryl/α,β-unsaturated/α-hetero) is 1. The molecule has 11 heavy (non-hydrogen) atoms. The van der Waals surface area contributed by atoms with Crippen LogP contribution in [0.15, 0.2) is 11.8 Å². The highest BCUT2D eigenvalue weighted by atomic mass is 32.2. The summed E-state index contributed by atoms with van der Waals surface area (Å²) in [6.45, 7) is 0. The second-order valence-electron chi connectivity index (χ2n) is 3.06. The Morgan fingerprint density at radius 3 is 3.18 bits per heavy atom. The van der Waals surface area contributed by atoms with Crippen LogP contribution in [0.4, 0.5) is 0 Å². The zero-order valence-corrected chi connectivity index (χ0v) is 7.06. The maximum atomic E-state index is 11.3. The zero-order chi connectivity index (χ0) is 7.84. The SMILES string of the molecule is NC1=CCC(=O)C2SCCC12. The molecule has 0 bridgehead atoms. The van der Waals surface area contributed by atoms with E-state index in [4.69, 9.17) is 5.73 Å². The average Bonchev–Trinajstić information content (AvgIpc) is 2.45. The molecule has 1 aliphatic heterocycles. The number of allylic oxidation sites excluding steroid dienone is 2. The normalized spacial score (nSPS) is 36.7. The number of carbonyl (C=O) groups excluding carboxylic acids is 1. The molecule has 1 saturated heterocycles. The summed E-state index contributed by atoms with van der Waals surface area (Å²) < 4.78 is 0. The highest BCUT2D eigenvalue weighted by molar-refractivity contribution is 8.00. The van der Waals surface area contributed by atoms with Gasteiger partial charge in [-0.15, -0.1) is 11.8 Å². The van der Waals surface area contributed by atoms with Gasteiger partial charge in [0.15, 0.2) is 0 Å². The van der Waals surface area contributed by atoms with Crippen LogP contribution in [0.25, 0.3) is 0 Å². The lowest BCUT2D eigenvalue weighted by Crippen LogP contribution is -2.30. The van der Waals surface area contributed by atoms with E-state index < -0.39 is 0 Å². The Morgan fingerprint density at radius 1 is 1.64 bits per heavy atom. The van der Waals surface area contributed by atoms with E-state index in [9.17, 15) is 4.79 Å². The molecule has 1 fully saturated rings. The van der Waals surface area contributed by atoms with Crippen molar-refractivity contribution in [3.05, 3.63) is 11.8 Å². The van der Waals surface area contributed by atoms with Crippen LogP contribution in [0.1, 0.15) is 12.8 Å². The Labute approximate surface area is 70.2 Å². The standard InChI is InChI=1S/C8H11NOS/c9-6-1-2-7(10)8-5(6)3-4-11-8/h1,5,8H,2-4,9H2. The molecule has 2 nitrogen and oxygen atoms in total. The van der Waals surface area contributed by atoms with Crippen LogP contribution < -0.4 is 5.73 Å². The molecule has 2 N–H and O–H groups in total. The van der Waals surface area contributed by atoms with E-state index in [-0.39, 0.29) is 5.25 Å². The third-order valence-corrected chi connectivity index (χ3v) is 3.80. The molecule has 0 radical (unpaired) electrons. The molecular formula is C8H11NOS. The van der Waals surface area contributed by atoms with Gasteiger partial charge in [-0.1, -0.05) is 6.08 Å². The number of carbonyl (C=O) groups is 1. The molecule has 1 aliphatic carbocycles. The van der Waals surface area contributed by atoms with E-state index in [1.165, 1.54) is 0 Å². The van der Waals surface area contributed by atoms with E-state index in [0.29, 0.717) is 18.1 Å². The van der Waals surface area contributed by atoms with Gasteiger partial charge in [-0.2, -0.15) is 0 Å². The summed E-state index contributed by atoms with van der Waals surface area (Å²) in [5.74, 6) is 1.82. The first-order valence-corrected chi connectivity index (χ1v) is 4.94. The van der Waals surface area contributed by atoms with Gasteiger partial charge in [-0.3, -0.25) is 4.79 Å². The van der Waals surface area contributed by atoms with Crippen molar-refractivity contribution in [2.45, 2.75) is 18.1 Å². The van der Waals surface area contributed by atoms with Crippen molar-refractivity contribution in [1.82, 2.24) is 0 Å². The van der Waals surface area contributed by atoms with E-state index in [1.54, 1.807) is 11.8 Å². The second-order valence-corrected chi connectivity index (χ2v) is 4.31. The molecule has 1 heterocycles. The number of nitrogens with two attached hydrogens (primary N) is 1. The van der Waals surface area contributed by atoms with Crippen LogP contribution >= 0.6 is 11.8 Å².